The number of rotatable bonds is 6. The molecule has 0 aliphatic heterocycles. The average Bonchev–Trinajstić information content (AvgIpc) is 2.80. The minimum Gasteiger partial charge on any atom is -0.497 e. The number of hydrogen-bond acceptors (Lipinski definition) is 3. The quantitative estimate of drug-likeness (QED) is 0.820. The van der Waals surface area contributed by atoms with Crippen molar-refractivity contribution in [3.8, 4) is 5.75 Å². The topological polar surface area (TPSA) is 43.3 Å². The lowest BCUT2D eigenvalue weighted by atomic mass is 10.1. The zero-order chi connectivity index (χ0) is 16.3. The predicted octanol–water partition coefficient (Wildman–Crippen LogP) is 3.99. The lowest BCUT2D eigenvalue weighted by Crippen LogP contribution is -2.15. The molecule has 0 atom stereocenters. The Kier molecular flexibility index (Phi) is 4.91. The highest BCUT2D eigenvalue weighted by molar-refractivity contribution is 6.00. The lowest BCUT2D eigenvalue weighted by molar-refractivity contribution is 0.101. The standard InChI is InChI=1S/C18H24N2O2/c1-12(2)20-13(3)9-17(14(20)4)18(21)11-19-15-7-6-8-16(10-15)22-5/h6-10,12,19H,11H2,1-5H3. The highest BCUT2D eigenvalue weighted by Gasteiger charge is 2.16. The number of nitrogens with zero attached hydrogens (tertiary/aromatic N) is 1. The summed E-state index contributed by atoms with van der Waals surface area (Å²) in [4.78, 5) is 12.5. The monoisotopic (exact) mass is 300 g/mol. The minimum absolute atomic E-state index is 0.0998. The van der Waals surface area contributed by atoms with E-state index in [4.69, 9.17) is 4.74 Å². The first kappa shape index (κ1) is 16.1. The van der Waals surface area contributed by atoms with Crippen LogP contribution in [0.4, 0.5) is 5.69 Å². The Labute approximate surface area is 132 Å². The number of Topliss-reactive ketones (excluding diaryl/α,β-unsaturated/α-hetero) is 1. The summed E-state index contributed by atoms with van der Waals surface area (Å²) in [6.07, 6.45) is 0. The van der Waals surface area contributed by atoms with Crippen LogP contribution in [0, 0.1) is 13.8 Å². The van der Waals surface area contributed by atoms with E-state index in [0.29, 0.717) is 6.04 Å². The van der Waals surface area contributed by atoms with Gasteiger partial charge in [0, 0.05) is 34.7 Å². The van der Waals surface area contributed by atoms with Crippen LogP contribution in [0.2, 0.25) is 0 Å². The van der Waals surface area contributed by atoms with Crippen molar-refractivity contribution in [3.63, 3.8) is 0 Å². The molecule has 0 fully saturated rings. The average molecular weight is 300 g/mol. The number of ketones is 1. The highest BCUT2D eigenvalue weighted by Crippen LogP contribution is 2.21. The van der Waals surface area contributed by atoms with Crippen LogP contribution < -0.4 is 10.1 Å². The third-order valence-corrected chi connectivity index (χ3v) is 3.82. The fourth-order valence-corrected chi connectivity index (χ4v) is 2.86. The Morgan fingerprint density at radius 2 is 2.00 bits per heavy atom. The predicted molar refractivity (Wildman–Crippen MR) is 90.1 cm³/mol. The van der Waals surface area contributed by atoms with Gasteiger partial charge in [-0.25, -0.2) is 0 Å². The zero-order valence-corrected chi connectivity index (χ0v) is 13.9. The molecule has 4 heteroatoms. The maximum Gasteiger partial charge on any atom is 0.183 e. The van der Waals surface area contributed by atoms with Crippen LogP contribution in [0.25, 0.3) is 0 Å². The third-order valence-electron chi connectivity index (χ3n) is 3.82. The van der Waals surface area contributed by atoms with E-state index in [-0.39, 0.29) is 12.3 Å². The fourth-order valence-electron chi connectivity index (χ4n) is 2.86. The van der Waals surface area contributed by atoms with E-state index in [1.165, 1.54) is 0 Å². The molecule has 0 saturated carbocycles. The normalized spacial score (nSPS) is 10.8. The molecular weight excluding hydrogens is 276 g/mol. The molecule has 2 rings (SSSR count). The molecule has 0 radical (unpaired) electrons. The van der Waals surface area contributed by atoms with Gasteiger partial charge in [0.15, 0.2) is 5.78 Å². The van der Waals surface area contributed by atoms with Crippen molar-refractivity contribution in [2.75, 3.05) is 19.0 Å². The van der Waals surface area contributed by atoms with Gasteiger partial charge >= 0.3 is 0 Å². The van der Waals surface area contributed by atoms with Crippen molar-refractivity contribution in [2.24, 2.45) is 0 Å². The summed E-state index contributed by atoms with van der Waals surface area (Å²) in [6.45, 7) is 8.58. The van der Waals surface area contributed by atoms with Crippen molar-refractivity contribution in [1.82, 2.24) is 4.57 Å². The van der Waals surface area contributed by atoms with Crippen LogP contribution in [0.3, 0.4) is 0 Å². The number of methoxy groups -OCH3 is 1. The van der Waals surface area contributed by atoms with Gasteiger partial charge in [0.05, 0.1) is 13.7 Å². The number of benzene rings is 1. The summed E-state index contributed by atoms with van der Waals surface area (Å²) in [5.74, 6) is 0.873. The van der Waals surface area contributed by atoms with E-state index in [9.17, 15) is 4.79 Å². The second kappa shape index (κ2) is 6.69. The van der Waals surface area contributed by atoms with Gasteiger partial charge in [-0.05, 0) is 45.9 Å². The van der Waals surface area contributed by atoms with Crippen LogP contribution in [-0.4, -0.2) is 24.0 Å². The number of aromatic nitrogens is 1. The Hall–Kier alpha value is -2.23. The van der Waals surface area contributed by atoms with E-state index in [0.717, 1.165) is 28.4 Å². The Balaban J connectivity index is 2.11. The maximum atomic E-state index is 12.5. The maximum absolute atomic E-state index is 12.5. The molecule has 1 aromatic carbocycles. The molecule has 0 bridgehead atoms. The number of ether oxygens (including phenoxy) is 1. The number of carbonyl (C=O) groups excluding carboxylic acids is 1. The second-order valence-corrected chi connectivity index (χ2v) is 5.76. The summed E-state index contributed by atoms with van der Waals surface area (Å²) in [5.41, 5.74) is 3.83. The van der Waals surface area contributed by atoms with E-state index in [1.54, 1.807) is 7.11 Å². The van der Waals surface area contributed by atoms with E-state index < -0.39 is 0 Å². The number of hydrogen-bond donors (Lipinski definition) is 1. The lowest BCUT2D eigenvalue weighted by Gasteiger charge is -2.13. The fraction of sp³-hybridized carbons (Fsp3) is 0.389. The smallest absolute Gasteiger partial charge is 0.183 e. The summed E-state index contributed by atoms with van der Waals surface area (Å²) >= 11 is 0. The molecule has 0 unspecified atom stereocenters. The van der Waals surface area contributed by atoms with Crippen LogP contribution >= 0.6 is 0 Å². The van der Waals surface area contributed by atoms with Gasteiger partial charge in [-0.3, -0.25) is 4.79 Å². The minimum atomic E-state index is 0.0998. The van der Waals surface area contributed by atoms with Crippen LogP contribution in [-0.2, 0) is 0 Å². The molecule has 2 aromatic rings. The largest absolute Gasteiger partial charge is 0.497 e. The first-order valence-corrected chi connectivity index (χ1v) is 7.53. The molecule has 22 heavy (non-hydrogen) atoms. The van der Waals surface area contributed by atoms with Crippen LogP contribution in [0.15, 0.2) is 30.3 Å². The molecule has 4 nitrogen and oxygen atoms in total. The number of nitrogens with one attached hydrogen (secondary N) is 1. The molecule has 0 amide bonds. The number of carbonyl (C=O) groups is 1. The molecule has 118 valence electrons. The van der Waals surface area contributed by atoms with Gasteiger partial charge in [-0.1, -0.05) is 6.07 Å². The van der Waals surface area contributed by atoms with Gasteiger partial charge in [0.2, 0.25) is 0 Å². The third kappa shape index (κ3) is 3.32. The van der Waals surface area contributed by atoms with E-state index in [2.05, 4.69) is 23.7 Å². The number of anilines is 1. The van der Waals surface area contributed by atoms with Crippen molar-refractivity contribution < 1.29 is 9.53 Å². The molecule has 0 aliphatic rings. The van der Waals surface area contributed by atoms with Gasteiger partial charge in [0.1, 0.15) is 5.75 Å². The van der Waals surface area contributed by atoms with Gasteiger partial charge < -0.3 is 14.6 Å². The van der Waals surface area contributed by atoms with Crippen molar-refractivity contribution in [2.45, 2.75) is 33.7 Å². The Bertz CT molecular complexity index is 672. The molecule has 1 N–H and O–H groups in total. The number of aryl methyl sites for hydroxylation is 1. The summed E-state index contributed by atoms with van der Waals surface area (Å²) < 4.78 is 7.38. The van der Waals surface area contributed by atoms with Gasteiger partial charge in [-0.2, -0.15) is 0 Å². The Morgan fingerprint density at radius 1 is 1.27 bits per heavy atom. The SMILES string of the molecule is COc1cccc(NCC(=O)c2cc(C)n(C(C)C)c2C)c1. The van der Waals surface area contributed by atoms with Crippen molar-refractivity contribution in [1.29, 1.82) is 0 Å². The molecule has 1 heterocycles. The van der Waals surface area contributed by atoms with Crippen molar-refractivity contribution >= 4 is 11.5 Å². The van der Waals surface area contributed by atoms with Crippen LogP contribution in [0.5, 0.6) is 5.75 Å². The van der Waals surface area contributed by atoms with Crippen molar-refractivity contribution in [3.05, 3.63) is 47.3 Å². The van der Waals surface area contributed by atoms with E-state index >= 15 is 0 Å². The summed E-state index contributed by atoms with van der Waals surface area (Å²) in [6, 6.07) is 9.91. The van der Waals surface area contributed by atoms with Crippen LogP contribution in [0.1, 0.15) is 41.6 Å². The molecule has 1 aromatic heterocycles. The van der Waals surface area contributed by atoms with E-state index in [1.807, 2.05) is 44.2 Å². The second-order valence-electron chi connectivity index (χ2n) is 5.76. The first-order valence-electron chi connectivity index (χ1n) is 7.53. The zero-order valence-electron chi connectivity index (χ0n) is 13.9. The highest BCUT2D eigenvalue weighted by atomic mass is 16.5. The first-order chi connectivity index (χ1) is 10.4. The van der Waals surface area contributed by atoms with Gasteiger partial charge in [-0.15, -0.1) is 0 Å². The molecular formula is C18H24N2O2. The van der Waals surface area contributed by atoms with Gasteiger partial charge in [0.25, 0.3) is 0 Å². The molecule has 0 saturated heterocycles. The molecule has 0 aliphatic carbocycles. The summed E-state index contributed by atoms with van der Waals surface area (Å²) in [5, 5.41) is 3.16. The Morgan fingerprint density at radius 3 is 2.59 bits per heavy atom. The molecule has 0 spiro atoms. The summed E-state index contributed by atoms with van der Waals surface area (Å²) in [7, 11) is 1.63.